The number of nitrogens with zero attached hydrogens (tertiary/aromatic N) is 1. The molecule has 2 aromatic rings. The van der Waals surface area contributed by atoms with E-state index in [1.165, 1.54) is 24.8 Å². The van der Waals surface area contributed by atoms with Crippen molar-refractivity contribution in [3.63, 3.8) is 0 Å². The number of hydrogen-bond acceptors (Lipinski definition) is 1. The minimum absolute atomic E-state index is 0.142. The molecule has 1 aromatic carbocycles. The molecule has 0 aliphatic heterocycles. The molecule has 23 heavy (non-hydrogen) atoms. The molecule has 0 radical (unpaired) electrons. The third-order valence-electron chi connectivity index (χ3n) is 5.00. The zero-order chi connectivity index (χ0) is 16.1. The fourth-order valence-corrected chi connectivity index (χ4v) is 3.54. The van der Waals surface area contributed by atoms with Gasteiger partial charge in [0.1, 0.15) is 6.04 Å². The van der Waals surface area contributed by atoms with Crippen molar-refractivity contribution in [2.75, 3.05) is 0 Å². The van der Waals surface area contributed by atoms with Gasteiger partial charge in [-0.15, -0.1) is 0 Å². The molecule has 0 bridgehead atoms. The Balaban J connectivity index is 1.73. The van der Waals surface area contributed by atoms with E-state index in [9.17, 15) is 4.79 Å². The van der Waals surface area contributed by atoms with Crippen LogP contribution in [0.25, 0.3) is 0 Å². The highest BCUT2D eigenvalue weighted by molar-refractivity contribution is 5.81. The van der Waals surface area contributed by atoms with E-state index < -0.39 is 0 Å². The van der Waals surface area contributed by atoms with Crippen LogP contribution in [0, 0.1) is 5.92 Å². The Morgan fingerprint density at radius 1 is 1.13 bits per heavy atom. The first-order valence-electron chi connectivity index (χ1n) is 8.71. The average Bonchev–Trinajstić information content (AvgIpc) is 3.10. The van der Waals surface area contributed by atoms with Gasteiger partial charge in [0.15, 0.2) is 0 Å². The van der Waals surface area contributed by atoms with Crippen molar-refractivity contribution in [2.24, 2.45) is 5.92 Å². The fraction of sp³-hybridized carbons (Fsp3) is 0.450. The van der Waals surface area contributed by atoms with Gasteiger partial charge in [-0.05, 0) is 36.5 Å². The van der Waals surface area contributed by atoms with Gasteiger partial charge in [0.05, 0.1) is 0 Å². The van der Waals surface area contributed by atoms with Gasteiger partial charge < -0.3 is 9.88 Å². The van der Waals surface area contributed by atoms with Crippen LogP contribution in [0.1, 0.15) is 44.2 Å². The summed E-state index contributed by atoms with van der Waals surface area (Å²) < 4.78 is 2.02. The molecule has 1 saturated carbocycles. The van der Waals surface area contributed by atoms with E-state index in [2.05, 4.69) is 24.4 Å². The van der Waals surface area contributed by atoms with Crippen LogP contribution in [0.5, 0.6) is 0 Å². The van der Waals surface area contributed by atoms with E-state index in [4.69, 9.17) is 0 Å². The summed E-state index contributed by atoms with van der Waals surface area (Å²) >= 11 is 0. The van der Waals surface area contributed by atoms with Crippen LogP contribution in [-0.4, -0.2) is 16.5 Å². The fourth-order valence-electron chi connectivity index (χ4n) is 3.54. The van der Waals surface area contributed by atoms with Crippen LogP contribution in [0.4, 0.5) is 0 Å². The van der Waals surface area contributed by atoms with Gasteiger partial charge in [0, 0.05) is 24.9 Å². The molecule has 1 aliphatic rings. The maximum Gasteiger partial charge on any atom is 0.243 e. The standard InChI is InChI=1S/C20H26N2O/c1-16-9-5-6-12-18(16)21-20(23)19(22-13-7-8-14-22)15-17-10-3-2-4-11-17/h2-4,7-8,10-11,13-14,16,18-19H,5-6,9,12,15H2,1H3,(H,21,23)/t16-,18+,19-/m1/s1. The normalized spacial score (nSPS) is 22.5. The van der Waals surface area contributed by atoms with E-state index in [0.717, 1.165) is 12.8 Å². The molecule has 3 heteroatoms. The van der Waals surface area contributed by atoms with E-state index >= 15 is 0 Å². The Kier molecular flexibility index (Phi) is 5.16. The molecule has 0 unspecified atom stereocenters. The molecular formula is C20H26N2O. The van der Waals surface area contributed by atoms with Crippen LogP contribution in [0.2, 0.25) is 0 Å². The predicted molar refractivity (Wildman–Crippen MR) is 93.2 cm³/mol. The molecule has 0 saturated heterocycles. The molecule has 3 nitrogen and oxygen atoms in total. The molecule has 1 aromatic heterocycles. The van der Waals surface area contributed by atoms with Gasteiger partial charge in [-0.3, -0.25) is 4.79 Å². The second kappa shape index (κ2) is 7.49. The summed E-state index contributed by atoms with van der Waals surface area (Å²) in [5.74, 6) is 0.721. The van der Waals surface area contributed by atoms with Crippen LogP contribution in [0.15, 0.2) is 54.9 Å². The van der Waals surface area contributed by atoms with Crippen LogP contribution in [0.3, 0.4) is 0 Å². The number of carbonyl (C=O) groups excluding carboxylic acids is 1. The summed E-state index contributed by atoms with van der Waals surface area (Å²) in [5.41, 5.74) is 1.19. The lowest BCUT2D eigenvalue weighted by Gasteiger charge is -2.31. The second-order valence-corrected chi connectivity index (χ2v) is 6.71. The quantitative estimate of drug-likeness (QED) is 0.891. The van der Waals surface area contributed by atoms with Crippen molar-refractivity contribution in [1.82, 2.24) is 9.88 Å². The average molecular weight is 310 g/mol. The minimum atomic E-state index is -0.179. The number of aromatic nitrogens is 1. The van der Waals surface area contributed by atoms with Crippen molar-refractivity contribution in [2.45, 2.75) is 51.1 Å². The number of amides is 1. The number of rotatable bonds is 5. The third kappa shape index (κ3) is 4.04. The summed E-state index contributed by atoms with van der Waals surface area (Å²) in [7, 11) is 0. The maximum absolute atomic E-state index is 12.9. The zero-order valence-corrected chi connectivity index (χ0v) is 13.8. The number of carbonyl (C=O) groups is 1. The predicted octanol–water partition coefficient (Wildman–Crippen LogP) is 3.97. The SMILES string of the molecule is C[C@@H]1CCCC[C@@H]1NC(=O)[C@@H](Cc1ccccc1)n1cccc1. The first-order valence-corrected chi connectivity index (χ1v) is 8.71. The van der Waals surface area contributed by atoms with E-state index in [-0.39, 0.29) is 11.9 Å². The first kappa shape index (κ1) is 15.9. The van der Waals surface area contributed by atoms with Crippen molar-refractivity contribution in [1.29, 1.82) is 0 Å². The number of nitrogens with one attached hydrogen (secondary N) is 1. The first-order chi connectivity index (χ1) is 11.2. The monoisotopic (exact) mass is 310 g/mol. The highest BCUT2D eigenvalue weighted by atomic mass is 16.2. The van der Waals surface area contributed by atoms with Crippen LogP contribution in [-0.2, 0) is 11.2 Å². The molecule has 1 aliphatic carbocycles. The Labute approximate surface area is 138 Å². The largest absolute Gasteiger partial charge is 0.351 e. The Morgan fingerprint density at radius 2 is 1.83 bits per heavy atom. The van der Waals surface area contributed by atoms with E-state index in [1.54, 1.807) is 0 Å². The van der Waals surface area contributed by atoms with Gasteiger partial charge in [0.2, 0.25) is 5.91 Å². The molecule has 3 atom stereocenters. The molecule has 1 amide bonds. The zero-order valence-electron chi connectivity index (χ0n) is 13.8. The van der Waals surface area contributed by atoms with Crippen molar-refractivity contribution in [3.8, 4) is 0 Å². The summed E-state index contributed by atoms with van der Waals surface area (Å²) in [4.78, 5) is 12.9. The van der Waals surface area contributed by atoms with Crippen molar-refractivity contribution >= 4 is 5.91 Å². The highest BCUT2D eigenvalue weighted by Gasteiger charge is 2.27. The topological polar surface area (TPSA) is 34.0 Å². The Hall–Kier alpha value is -2.03. The van der Waals surface area contributed by atoms with E-state index in [1.807, 2.05) is 47.3 Å². The summed E-state index contributed by atoms with van der Waals surface area (Å²) in [6.45, 7) is 2.26. The lowest BCUT2D eigenvalue weighted by Crippen LogP contribution is -2.44. The summed E-state index contributed by atoms with van der Waals surface area (Å²) in [5, 5.41) is 3.32. The molecule has 1 N–H and O–H groups in total. The molecule has 3 rings (SSSR count). The van der Waals surface area contributed by atoms with Gasteiger partial charge in [-0.2, -0.15) is 0 Å². The van der Waals surface area contributed by atoms with Gasteiger partial charge in [-0.1, -0.05) is 50.1 Å². The van der Waals surface area contributed by atoms with Crippen LogP contribution < -0.4 is 5.32 Å². The van der Waals surface area contributed by atoms with Gasteiger partial charge in [-0.25, -0.2) is 0 Å². The van der Waals surface area contributed by atoms with Crippen molar-refractivity contribution < 1.29 is 4.79 Å². The maximum atomic E-state index is 12.9. The van der Waals surface area contributed by atoms with Gasteiger partial charge in [0.25, 0.3) is 0 Å². The Morgan fingerprint density at radius 3 is 2.52 bits per heavy atom. The molecule has 0 spiro atoms. The molecule has 1 fully saturated rings. The van der Waals surface area contributed by atoms with Crippen LogP contribution >= 0.6 is 0 Å². The lowest BCUT2D eigenvalue weighted by atomic mass is 9.85. The molecule has 122 valence electrons. The number of hydrogen-bond donors (Lipinski definition) is 1. The van der Waals surface area contributed by atoms with Gasteiger partial charge >= 0.3 is 0 Å². The summed E-state index contributed by atoms with van der Waals surface area (Å²) in [6, 6.07) is 14.4. The van der Waals surface area contributed by atoms with E-state index in [0.29, 0.717) is 12.0 Å². The smallest absolute Gasteiger partial charge is 0.243 e. The van der Waals surface area contributed by atoms with Crippen molar-refractivity contribution in [3.05, 3.63) is 60.4 Å². The highest BCUT2D eigenvalue weighted by Crippen LogP contribution is 2.25. The molecular weight excluding hydrogens is 284 g/mol. The number of benzene rings is 1. The lowest BCUT2D eigenvalue weighted by molar-refractivity contribution is -0.125. The molecule has 1 heterocycles. The second-order valence-electron chi connectivity index (χ2n) is 6.71. The summed E-state index contributed by atoms with van der Waals surface area (Å²) in [6.07, 6.45) is 9.53. The minimum Gasteiger partial charge on any atom is -0.351 e. The third-order valence-corrected chi connectivity index (χ3v) is 5.00. The Bertz CT molecular complexity index is 606.